The summed E-state index contributed by atoms with van der Waals surface area (Å²) >= 11 is 0. The lowest BCUT2D eigenvalue weighted by atomic mass is 10.3. The van der Waals surface area contributed by atoms with Crippen molar-refractivity contribution >= 4 is 11.9 Å². The third kappa shape index (κ3) is 9.21. The number of hydrogen-bond acceptors (Lipinski definition) is 4. The van der Waals surface area contributed by atoms with E-state index in [1.165, 1.54) is 7.11 Å². The summed E-state index contributed by atoms with van der Waals surface area (Å²) in [4.78, 5) is 21.8. The maximum Gasteiger partial charge on any atom is 0.305 e. The van der Waals surface area contributed by atoms with Crippen molar-refractivity contribution in [2.75, 3.05) is 20.3 Å². The summed E-state index contributed by atoms with van der Waals surface area (Å²) in [5.41, 5.74) is 0. The molecule has 0 aliphatic heterocycles. The minimum absolute atomic E-state index is 0.0471. The third-order valence-electron chi connectivity index (χ3n) is 1.66. The molecule has 0 heterocycles. The average molecular weight is 217 g/mol. The van der Waals surface area contributed by atoms with Gasteiger partial charge in [0.2, 0.25) is 5.91 Å². The first-order valence-electron chi connectivity index (χ1n) is 5.01. The highest BCUT2D eigenvalue weighted by Crippen LogP contribution is 1.90. The SMILES string of the molecule is COC(=O)CCCNC(=O)COC(C)C. The topological polar surface area (TPSA) is 64.6 Å². The van der Waals surface area contributed by atoms with Gasteiger partial charge in [0.25, 0.3) is 0 Å². The number of hydrogen-bond donors (Lipinski definition) is 1. The molecule has 5 heteroatoms. The normalized spacial score (nSPS) is 10.1. The molecule has 0 aliphatic rings. The zero-order valence-electron chi connectivity index (χ0n) is 9.54. The van der Waals surface area contributed by atoms with Crippen LogP contribution in [0.1, 0.15) is 26.7 Å². The van der Waals surface area contributed by atoms with E-state index in [1.807, 2.05) is 13.8 Å². The molecule has 0 saturated heterocycles. The predicted octanol–water partition coefficient (Wildman–Crippen LogP) is 0.481. The average Bonchev–Trinajstić information content (AvgIpc) is 2.21. The van der Waals surface area contributed by atoms with Crippen LogP contribution in [0.5, 0.6) is 0 Å². The van der Waals surface area contributed by atoms with E-state index in [0.29, 0.717) is 19.4 Å². The fraction of sp³-hybridized carbons (Fsp3) is 0.800. The number of amides is 1. The molecule has 15 heavy (non-hydrogen) atoms. The smallest absolute Gasteiger partial charge is 0.305 e. The van der Waals surface area contributed by atoms with Crippen LogP contribution in [0.25, 0.3) is 0 Å². The van der Waals surface area contributed by atoms with Gasteiger partial charge in [-0.1, -0.05) is 0 Å². The Morgan fingerprint density at radius 3 is 2.53 bits per heavy atom. The van der Waals surface area contributed by atoms with Crippen molar-refractivity contribution < 1.29 is 19.1 Å². The van der Waals surface area contributed by atoms with E-state index in [9.17, 15) is 9.59 Å². The van der Waals surface area contributed by atoms with Gasteiger partial charge in [0.1, 0.15) is 6.61 Å². The maximum absolute atomic E-state index is 11.1. The highest BCUT2D eigenvalue weighted by molar-refractivity contribution is 5.77. The second-order valence-corrected chi connectivity index (χ2v) is 3.39. The first kappa shape index (κ1) is 13.9. The summed E-state index contributed by atoms with van der Waals surface area (Å²) in [5, 5.41) is 2.65. The lowest BCUT2D eigenvalue weighted by Gasteiger charge is -2.07. The monoisotopic (exact) mass is 217 g/mol. The van der Waals surface area contributed by atoms with Crippen LogP contribution in [0.2, 0.25) is 0 Å². The Bertz CT molecular complexity index is 204. The molecule has 0 fully saturated rings. The van der Waals surface area contributed by atoms with E-state index < -0.39 is 0 Å². The molecule has 0 radical (unpaired) electrons. The standard InChI is InChI=1S/C10H19NO4/c1-8(2)15-7-9(12)11-6-4-5-10(13)14-3/h8H,4-7H2,1-3H3,(H,11,12). The summed E-state index contributed by atoms with van der Waals surface area (Å²) in [7, 11) is 1.34. The van der Waals surface area contributed by atoms with Crippen LogP contribution < -0.4 is 5.32 Å². The Morgan fingerprint density at radius 2 is 2.00 bits per heavy atom. The van der Waals surface area contributed by atoms with Gasteiger partial charge in [-0.15, -0.1) is 0 Å². The molecule has 88 valence electrons. The highest BCUT2D eigenvalue weighted by atomic mass is 16.5. The van der Waals surface area contributed by atoms with Crippen molar-refractivity contribution in [3.8, 4) is 0 Å². The third-order valence-corrected chi connectivity index (χ3v) is 1.66. The van der Waals surface area contributed by atoms with Gasteiger partial charge in [-0.25, -0.2) is 0 Å². The molecule has 0 spiro atoms. The van der Waals surface area contributed by atoms with Crippen LogP contribution in [0.15, 0.2) is 0 Å². The van der Waals surface area contributed by atoms with Crippen molar-refractivity contribution in [2.45, 2.75) is 32.8 Å². The molecular formula is C10H19NO4. The van der Waals surface area contributed by atoms with Crippen LogP contribution in [0.3, 0.4) is 0 Å². The Hall–Kier alpha value is -1.10. The van der Waals surface area contributed by atoms with E-state index in [0.717, 1.165) is 0 Å². The van der Waals surface area contributed by atoms with Crippen molar-refractivity contribution in [3.63, 3.8) is 0 Å². The minimum Gasteiger partial charge on any atom is -0.469 e. The molecule has 0 unspecified atom stereocenters. The number of methoxy groups -OCH3 is 1. The van der Waals surface area contributed by atoms with Gasteiger partial charge in [0.05, 0.1) is 13.2 Å². The molecule has 0 bridgehead atoms. The lowest BCUT2D eigenvalue weighted by Crippen LogP contribution is -2.29. The number of carbonyl (C=O) groups is 2. The Balaban J connectivity index is 3.35. The van der Waals surface area contributed by atoms with Crippen molar-refractivity contribution in [3.05, 3.63) is 0 Å². The summed E-state index contributed by atoms with van der Waals surface area (Å²) < 4.78 is 9.56. The van der Waals surface area contributed by atoms with Crippen LogP contribution in [-0.4, -0.2) is 38.2 Å². The molecule has 0 saturated carbocycles. The number of carbonyl (C=O) groups excluding carboxylic acids is 2. The van der Waals surface area contributed by atoms with E-state index >= 15 is 0 Å². The largest absolute Gasteiger partial charge is 0.469 e. The molecule has 0 aromatic carbocycles. The Labute approximate surface area is 90.1 Å². The predicted molar refractivity (Wildman–Crippen MR) is 55.3 cm³/mol. The van der Waals surface area contributed by atoms with Crippen LogP contribution >= 0.6 is 0 Å². The van der Waals surface area contributed by atoms with Gasteiger partial charge in [-0.2, -0.15) is 0 Å². The van der Waals surface area contributed by atoms with E-state index in [4.69, 9.17) is 4.74 Å². The van der Waals surface area contributed by atoms with Gasteiger partial charge < -0.3 is 14.8 Å². The van der Waals surface area contributed by atoms with Crippen LogP contribution in [0, 0.1) is 0 Å². The summed E-state index contributed by atoms with van der Waals surface area (Å²) in [6.45, 7) is 4.26. The number of nitrogens with one attached hydrogen (secondary N) is 1. The molecule has 0 rings (SSSR count). The van der Waals surface area contributed by atoms with Crippen molar-refractivity contribution in [1.82, 2.24) is 5.32 Å². The zero-order chi connectivity index (χ0) is 11.7. The van der Waals surface area contributed by atoms with E-state index in [1.54, 1.807) is 0 Å². The molecule has 5 nitrogen and oxygen atoms in total. The molecule has 0 aromatic heterocycles. The van der Waals surface area contributed by atoms with E-state index in [2.05, 4.69) is 10.1 Å². The van der Waals surface area contributed by atoms with Gasteiger partial charge in [0.15, 0.2) is 0 Å². The molecule has 0 aliphatic carbocycles. The van der Waals surface area contributed by atoms with Gasteiger partial charge in [-0.05, 0) is 20.3 Å². The summed E-state index contributed by atoms with van der Waals surface area (Å²) in [5.74, 6) is -0.420. The molecule has 0 aromatic rings. The highest BCUT2D eigenvalue weighted by Gasteiger charge is 2.03. The van der Waals surface area contributed by atoms with Crippen LogP contribution in [0.4, 0.5) is 0 Å². The first-order chi connectivity index (χ1) is 7.06. The number of esters is 1. The second-order valence-electron chi connectivity index (χ2n) is 3.39. The van der Waals surface area contributed by atoms with Gasteiger partial charge in [0, 0.05) is 13.0 Å². The van der Waals surface area contributed by atoms with Crippen molar-refractivity contribution in [2.24, 2.45) is 0 Å². The van der Waals surface area contributed by atoms with Gasteiger partial charge in [-0.3, -0.25) is 9.59 Å². The maximum atomic E-state index is 11.1. The Kier molecular flexibility index (Phi) is 7.62. The minimum atomic E-state index is -0.261. The molecule has 1 N–H and O–H groups in total. The first-order valence-corrected chi connectivity index (χ1v) is 5.01. The fourth-order valence-corrected chi connectivity index (χ4v) is 0.856. The lowest BCUT2D eigenvalue weighted by molar-refractivity contribution is -0.140. The second kappa shape index (κ2) is 8.23. The zero-order valence-corrected chi connectivity index (χ0v) is 9.54. The summed E-state index contributed by atoms with van der Waals surface area (Å²) in [6, 6.07) is 0. The molecule has 0 atom stereocenters. The van der Waals surface area contributed by atoms with Crippen LogP contribution in [-0.2, 0) is 19.1 Å². The van der Waals surface area contributed by atoms with Gasteiger partial charge >= 0.3 is 5.97 Å². The molecular weight excluding hydrogens is 198 g/mol. The quantitative estimate of drug-likeness (QED) is 0.497. The number of rotatable bonds is 7. The Morgan fingerprint density at radius 1 is 1.33 bits per heavy atom. The summed E-state index contributed by atoms with van der Waals surface area (Å²) in [6.07, 6.45) is 0.952. The van der Waals surface area contributed by atoms with Crippen molar-refractivity contribution in [1.29, 1.82) is 0 Å². The molecule has 1 amide bonds. The van der Waals surface area contributed by atoms with E-state index in [-0.39, 0.29) is 24.6 Å². The fourth-order valence-electron chi connectivity index (χ4n) is 0.856. The number of ether oxygens (including phenoxy) is 2.